The van der Waals surface area contributed by atoms with Crippen LogP contribution in [0.5, 0.6) is 0 Å². The van der Waals surface area contributed by atoms with Crippen molar-refractivity contribution in [1.29, 1.82) is 0 Å². The minimum atomic E-state index is -0.295. The molecule has 0 saturated heterocycles. The van der Waals surface area contributed by atoms with E-state index in [0.717, 1.165) is 11.3 Å². The number of benzene rings is 1. The zero-order valence-electron chi connectivity index (χ0n) is 9.84. The van der Waals surface area contributed by atoms with Crippen molar-refractivity contribution >= 4 is 11.8 Å². The summed E-state index contributed by atoms with van der Waals surface area (Å²) >= 11 is 1.46. The van der Waals surface area contributed by atoms with E-state index in [9.17, 15) is 4.39 Å². The molecular weight excluding hydrogens is 255 g/mol. The normalized spacial score (nSPS) is 10.8. The van der Waals surface area contributed by atoms with Gasteiger partial charge in [-0.1, -0.05) is 11.8 Å². The molecule has 0 unspecified atom stereocenters. The van der Waals surface area contributed by atoms with Crippen LogP contribution >= 0.6 is 11.8 Å². The molecule has 1 heterocycles. The maximum Gasteiger partial charge on any atom is 0.210 e. The van der Waals surface area contributed by atoms with Gasteiger partial charge in [0.1, 0.15) is 5.82 Å². The summed E-state index contributed by atoms with van der Waals surface area (Å²) in [6, 6.07) is 5.96. The molecule has 0 aliphatic carbocycles. The minimum absolute atomic E-state index is 0.295. The van der Waals surface area contributed by atoms with Gasteiger partial charge in [0.05, 0.1) is 6.61 Å². The van der Waals surface area contributed by atoms with Crippen molar-refractivity contribution in [2.24, 2.45) is 0 Å². The fraction of sp³-hybridized carbons (Fsp3) is 0.273. The molecule has 0 radical (unpaired) electrons. The lowest BCUT2D eigenvalue weighted by Gasteiger charge is -2.03. The van der Waals surface area contributed by atoms with Crippen LogP contribution in [0, 0.1) is 5.82 Å². The number of nitrogen functional groups attached to an aromatic ring is 1. The largest absolute Gasteiger partial charge is 0.384 e. The van der Waals surface area contributed by atoms with Crippen molar-refractivity contribution in [1.82, 2.24) is 14.9 Å². The van der Waals surface area contributed by atoms with E-state index < -0.39 is 0 Å². The topological polar surface area (TPSA) is 66.0 Å². The highest BCUT2D eigenvalue weighted by atomic mass is 32.2. The van der Waals surface area contributed by atoms with Crippen LogP contribution in [0.2, 0.25) is 0 Å². The number of aromatic nitrogens is 3. The van der Waals surface area contributed by atoms with Crippen LogP contribution in [0.15, 0.2) is 29.4 Å². The summed E-state index contributed by atoms with van der Waals surface area (Å²) in [5.41, 5.74) is 0.727. The van der Waals surface area contributed by atoms with Crippen molar-refractivity contribution < 1.29 is 9.13 Å². The smallest absolute Gasteiger partial charge is 0.210 e. The van der Waals surface area contributed by atoms with E-state index in [4.69, 9.17) is 10.6 Å². The fourth-order valence-electron chi connectivity index (χ4n) is 1.39. The van der Waals surface area contributed by atoms with Gasteiger partial charge in [0.25, 0.3) is 0 Å². The monoisotopic (exact) mass is 268 g/mol. The first-order valence-electron chi connectivity index (χ1n) is 5.30. The molecule has 96 valence electrons. The van der Waals surface area contributed by atoms with E-state index in [0.29, 0.717) is 17.6 Å². The highest BCUT2D eigenvalue weighted by molar-refractivity contribution is 7.99. The highest BCUT2D eigenvalue weighted by Crippen LogP contribution is 2.21. The maximum absolute atomic E-state index is 12.8. The fourth-order valence-corrected chi connectivity index (χ4v) is 2.14. The lowest BCUT2D eigenvalue weighted by molar-refractivity contribution is 0.218. The van der Waals surface area contributed by atoms with Gasteiger partial charge >= 0.3 is 0 Å². The third kappa shape index (κ3) is 2.80. The summed E-state index contributed by atoms with van der Waals surface area (Å²) in [5.74, 6) is 6.85. The van der Waals surface area contributed by atoms with Gasteiger partial charge in [-0.15, -0.1) is 10.2 Å². The SMILES string of the molecule is COCCSc1nnc(-c2ccc(F)cc2)n1N. The van der Waals surface area contributed by atoms with Gasteiger partial charge in [0, 0.05) is 18.4 Å². The van der Waals surface area contributed by atoms with Crippen LogP contribution in [0.25, 0.3) is 11.4 Å². The van der Waals surface area contributed by atoms with Crippen molar-refractivity contribution in [2.75, 3.05) is 25.3 Å². The summed E-state index contributed by atoms with van der Waals surface area (Å²) in [7, 11) is 1.64. The Morgan fingerprint density at radius 1 is 1.33 bits per heavy atom. The van der Waals surface area contributed by atoms with E-state index in [1.807, 2.05) is 0 Å². The molecule has 0 saturated carbocycles. The molecule has 0 aliphatic rings. The van der Waals surface area contributed by atoms with Crippen molar-refractivity contribution in [3.05, 3.63) is 30.1 Å². The van der Waals surface area contributed by atoms with E-state index in [2.05, 4.69) is 10.2 Å². The zero-order chi connectivity index (χ0) is 13.0. The van der Waals surface area contributed by atoms with Gasteiger partial charge in [0.2, 0.25) is 5.16 Å². The Kier molecular flexibility index (Phi) is 4.16. The molecule has 0 bridgehead atoms. The zero-order valence-corrected chi connectivity index (χ0v) is 10.7. The first-order chi connectivity index (χ1) is 8.72. The van der Waals surface area contributed by atoms with Gasteiger partial charge in [-0.25, -0.2) is 9.07 Å². The van der Waals surface area contributed by atoms with Gasteiger partial charge in [-0.2, -0.15) is 0 Å². The first kappa shape index (κ1) is 12.8. The molecule has 18 heavy (non-hydrogen) atoms. The van der Waals surface area contributed by atoms with Crippen molar-refractivity contribution in [2.45, 2.75) is 5.16 Å². The Balaban J connectivity index is 2.17. The van der Waals surface area contributed by atoms with Crippen LogP contribution in [-0.4, -0.2) is 34.3 Å². The van der Waals surface area contributed by atoms with E-state index >= 15 is 0 Å². The Hall–Kier alpha value is -1.60. The second kappa shape index (κ2) is 5.83. The van der Waals surface area contributed by atoms with Crippen molar-refractivity contribution in [3.63, 3.8) is 0 Å². The third-order valence-electron chi connectivity index (χ3n) is 2.29. The predicted molar refractivity (Wildman–Crippen MR) is 68.2 cm³/mol. The number of rotatable bonds is 5. The number of hydrogen-bond acceptors (Lipinski definition) is 5. The molecule has 0 atom stereocenters. The molecule has 0 spiro atoms. The number of hydrogen-bond donors (Lipinski definition) is 1. The van der Waals surface area contributed by atoms with Gasteiger partial charge in [0.15, 0.2) is 5.82 Å². The number of methoxy groups -OCH3 is 1. The number of nitrogens with two attached hydrogens (primary N) is 1. The molecule has 0 aliphatic heterocycles. The molecule has 5 nitrogen and oxygen atoms in total. The summed E-state index contributed by atoms with van der Waals surface area (Å²) in [4.78, 5) is 0. The molecule has 1 aromatic carbocycles. The summed E-state index contributed by atoms with van der Waals surface area (Å²) in [6.07, 6.45) is 0. The summed E-state index contributed by atoms with van der Waals surface area (Å²) < 4.78 is 19.2. The number of nitrogens with zero attached hydrogens (tertiary/aromatic N) is 3. The number of halogens is 1. The van der Waals surface area contributed by atoms with Crippen LogP contribution < -0.4 is 5.84 Å². The Labute approximate surface area is 108 Å². The molecule has 0 amide bonds. The second-order valence-electron chi connectivity index (χ2n) is 3.52. The van der Waals surface area contributed by atoms with Gasteiger partial charge in [-0.3, -0.25) is 0 Å². The molecule has 2 N–H and O–H groups in total. The minimum Gasteiger partial charge on any atom is -0.384 e. The third-order valence-corrected chi connectivity index (χ3v) is 3.19. The van der Waals surface area contributed by atoms with Gasteiger partial charge in [-0.05, 0) is 24.3 Å². The molecule has 1 aromatic heterocycles. The quantitative estimate of drug-likeness (QED) is 0.506. The molecule has 2 rings (SSSR count). The van der Waals surface area contributed by atoms with E-state index in [1.165, 1.54) is 28.6 Å². The standard InChI is InChI=1S/C11H13FN4OS/c1-17-6-7-18-11-15-14-10(16(11)13)8-2-4-9(12)5-3-8/h2-5H,6-7,13H2,1H3. The lowest BCUT2D eigenvalue weighted by atomic mass is 10.2. The lowest BCUT2D eigenvalue weighted by Crippen LogP contribution is -2.12. The van der Waals surface area contributed by atoms with Gasteiger partial charge < -0.3 is 10.6 Å². The predicted octanol–water partition coefficient (Wildman–Crippen LogP) is 1.54. The van der Waals surface area contributed by atoms with E-state index in [-0.39, 0.29) is 5.82 Å². The van der Waals surface area contributed by atoms with E-state index in [1.54, 1.807) is 19.2 Å². The average molecular weight is 268 g/mol. The van der Waals surface area contributed by atoms with Crippen molar-refractivity contribution in [3.8, 4) is 11.4 Å². The Bertz CT molecular complexity index is 514. The number of ether oxygens (including phenoxy) is 1. The van der Waals surface area contributed by atoms with Crippen LogP contribution in [0.4, 0.5) is 4.39 Å². The summed E-state index contributed by atoms with van der Waals surface area (Å²) in [6.45, 7) is 0.614. The summed E-state index contributed by atoms with van der Waals surface area (Å²) in [5, 5.41) is 8.59. The van der Waals surface area contributed by atoms with Crippen LogP contribution in [0.1, 0.15) is 0 Å². The Morgan fingerprint density at radius 2 is 2.06 bits per heavy atom. The first-order valence-corrected chi connectivity index (χ1v) is 6.29. The highest BCUT2D eigenvalue weighted by Gasteiger charge is 2.11. The molecular formula is C11H13FN4OS. The molecule has 0 fully saturated rings. The molecule has 7 heteroatoms. The second-order valence-corrected chi connectivity index (χ2v) is 4.59. The van der Waals surface area contributed by atoms with Crippen LogP contribution in [-0.2, 0) is 4.74 Å². The molecule has 2 aromatic rings. The average Bonchev–Trinajstić information content (AvgIpc) is 2.73. The Morgan fingerprint density at radius 3 is 2.72 bits per heavy atom. The number of thioether (sulfide) groups is 1. The van der Waals surface area contributed by atoms with Crippen LogP contribution in [0.3, 0.4) is 0 Å². The maximum atomic E-state index is 12.8.